The maximum Gasteiger partial charge on any atom is 0.332 e. The Morgan fingerprint density at radius 3 is 2.33 bits per heavy atom. The minimum absolute atomic E-state index is 0.110. The summed E-state index contributed by atoms with van der Waals surface area (Å²) in [6.45, 7) is 1.88. The highest BCUT2D eigenvalue weighted by atomic mass is 16.2. The van der Waals surface area contributed by atoms with Crippen LogP contribution in [-0.4, -0.2) is 30.6 Å². The van der Waals surface area contributed by atoms with Gasteiger partial charge in [-0.2, -0.15) is 0 Å². The Labute approximate surface area is 175 Å². The van der Waals surface area contributed by atoms with Crippen LogP contribution >= 0.6 is 0 Å². The van der Waals surface area contributed by atoms with E-state index < -0.39 is 11.2 Å². The van der Waals surface area contributed by atoms with Gasteiger partial charge in [-0.1, -0.05) is 6.92 Å². The molecule has 1 N–H and O–H groups in total. The second kappa shape index (κ2) is 6.82. The minimum atomic E-state index is -0.510. The third kappa shape index (κ3) is 2.87. The van der Waals surface area contributed by atoms with Crippen molar-refractivity contribution < 1.29 is 4.79 Å². The molecular formula is C22H31N5O3. The average Bonchev–Trinajstić information content (AvgIpc) is 3.08. The van der Waals surface area contributed by atoms with Gasteiger partial charge in [0.05, 0.1) is 6.33 Å². The first kappa shape index (κ1) is 19.6. The molecule has 2 heterocycles. The molecule has 0 aliphatic heterocycles. The fourth-order valence-corrected chi connectivity index (χ4v) is 7.21. The highest BCUT2D eigenvalue weighted by Gasteiger charge is 2.54. The number of aromatic nitrogens is 4. The molecule has 2 aromatic heterocycles. The third-order valence-corrected chi connectivity index (χ3v) is 8.07. The predicted molar refractivity (Wildman–Crippen MR) is 113 cm³/mol. The minimum Gasteiger partial charge on any atom is -0.351 e. The number of fused-ring (bicyclic) bond motifs is 1. The van der Waals surface area contributed by atoms with Gasteiger partial charge >= 0.3 is 5.69 Å². The molecule has 1 amide bonds. The van der Waals surface area contributed by atoms with Crippen molar-refractivity contribution in [3.05, 3.63) is 27.2 Å². The van der Waals surface area contributed by atoms with Crippen LogP contribution in [-0.2, 0) is 25.4 Å². The molecule has 0 aromatic carbocycles. The summed E-state index contributed by atoms with van der Waals surface area (Å²) in [4.78, 5) is 42.8. The van der Waals surface area contributed by atoms with Crippen LogP contribution in [0.4, 0.5) is 0 Å². The van der Waals surface area contributed by atoms with Crippen LogP contribution in [0.15, 0.2) is 15.9 Å². The smallest absolute Gasteiger partial charge is 0.332 e. The molecular weight excluding hydrogens is 382 g/mol. The van der Waals surface area contributed by atoms with Crippen LogP contribution in [0.1, 0.15) is 51.9 Å². The van der Waals surface area contributed by atoms with Crippen LogP contribution in [0.25, 0.3) is 11.2 Å². The van der Waals surface area contributed by atoms with Gasteiger partial charge in [-0.25, -0.2) is 14.3 Å². The molecule has 1 unspecified atom stereocenters. The Kier molecular flexibility index (Phi) is 4.45. The van der Waals surface area contributed by atoms with Gasteiger partial charge < -0.3 is 9.88 Å². The van der Waals surface area contributed by atoms with E-state index in [0.29, 0.717) is 11.2 Å². The van der Waals surface area contributed by atoms with Gasteiger partial charge in [0.15, 0.2) is 11.2 Å². The molecule has 30 heavy (non-hydrogen) atoms. The second-order valence-electron chi connectivity index (χ2n) is 10.1. The Bertz CT molecular complexity index is 1090. The van der Waals surface area contributed by atoms with Crippen molar-refractivity contribution in [3.8, 4) is 0 Å². The van der Waals surface area contributed by atoms with Crippen molar-refractivity contribution in [1.29, 1.82) is 0 Å². The van der Waals surface area contributed by atoms with Gasteiger partial charge in [0.2, 0.25) is 5.91 Å². The van der Waals surface area contributed by atoms with E-state index >= 15 is 0 Å². The maximum atomic E-state index is 13.0. The summed E-state index contributed by atoms with van der Waals surface area (Å²) < 4.78 is 3.96. The summed E-state index contributed by atoms with van der Waals surface area (Å²) in [6.07, 6.45) is 10.1. The van der Waals surface area contributed by atoms with E-state index in [0.717, 1.165) is 28.7 Å². The van der Waals surface area contributed by atoms with Crippen LogP contribution in [0.2, 0.25) is 0 Å². The maximum absolute atomic E-state index is 13.0. The van der Waals surface area contributed by atoms with E-state index in [1.54, 1.807) is 18.7 Å². The van der Waals surface area contributed by atoms with Crippen LogP contribution < -0.4 is 16.6 Å². The zero-order chi connectivity index (χ0) is 21.2. The van der Waals surface area contributed by atoms with E-state index in [1.165, 1.54) is 49.4 Å². The molecule has 162 valence electrons. The third-order valence-electron chi connectivity index (χ3n) is 8.07. The molecule has 8 heteroatoms. The zero-order valence-electron chi connectivity index (χ0n) is 18.1. The summed E-state index contributed by atoms with van der Waals surface area (Å²) in [7, 11) is 3.29. The topological polar surface area (TPSA) is 90.9 Å². The molecule has 0 radical (unpaired) electrons. The largest absolute Gasteiger partial charge is 0.351 e. The van der Waals surface area contributed by atoms with E-state index in [1.807, 2.05) is 0 Å². The van der Waals surface area contributed by atoms with Gasteiger partial charge in [-0.3, -0.25) is 14.2 Å². The van der Waals surface area contributed by atoms with Gasteiger partial charge in [0, 0.05) is 20.1 Å². The SMILES string of the molecule is CCC(NC(=O)Cn1c(=O)c2c(ncn2C)n(C)c1=O)C12CC3CC(CC(C3)C1)C2. The Morgan fingerprint density at radius 1 is 1.17 bits per heavy atom. The van der Waals surface area contributed by atoms with Gasteiger partial charge in [-0.15, -0.1) is 0 Å². The summed E-state index contributed by atoms with van der Waals surface area (Å²) in [6, 6.07) is 0.110. The van der Waals surface area contributed by atoms with Crippen molar-refractivity contribution in [1.82, 2.24) is 24.0 Å². The fourth-order valence-electron chi connectivity index (χ4n) is 7.21. The van der Waals surface area contributed by atoms with Crippen LogP contribution in [0.3, 0.4) is 0 Å². The number of aryl methyl sites for hydroxylation is 2. The fraction of sp³-hybridized carbons (Fsp3) is 0.727. The number of rotatable bonds is 5. The van der Waals surface area contributed by atoms with Crippen molar-refractivity contribution in [2.24, 2.45) is 37.3 Å². The van der Waals surface area contributed by atoms with E-state index in [-0.39, 0.29) is 23.9 Å². The summed E-state index contributed by atoms with van der Waals surface area (Å²) in [5.74, 6) is 2.18. The number of nitrogens with one attached hydrogen (secondary N) is 1. The molecule has 4 fully saturated rings. The number of carbonyl (C=O) groups is 1. The highest BCUT2D eigenvalue weighted by Crippen LogP contribution is 2.61. The molecule has 0 spiro atoms. The monoisotopic (exact) mass is 413 g/mol. The lowest BCUT2D eigenvalue weighted by atomic mass is 9.47. The number of hydrogen-bond donors (Lipinski definition) is 1. The van der Waals surface area contributed by atoms with E-state index in [9.17, 15) is 14.4 Å². The molecule has 0 saturated heterocycles. The Hall–Kier alpha value is -2.38. The number of carbonyl (C=O) groups excluding carboxylic acids is 1. The molecule has 4 aliphatic carbocycles. The first-order valence-electron chi connectivity index (χ1n) is 11.2. The molecule has 2 aromatic rings. The van der Waals surface area contributed by atoms with Crippen molar-refractivity contribution in [3.63, 3.8) is 0 Å². The number of amides is 1. The lowest BCUT2D eigenvalue weighted by Crippen LogP contribution is -2.57. The lowest BCUT2D eigenvalue weighted by Gasteiger charge is -2.59. The van der Waals surface area contributed by atoms with Gasteiger partial charge in [0.1, 0.15) is 6.54 Å². The molecule has 1 atom stereocenters. The Morgan fingerprint density at radius 2 is 1.77 bits per heavy atom. The summed E-state index contributed by atoms with van der Waals surface area (Å²) in [5.41, 5.74) is -0.112. The first-order chi connectivity index (χ1) is 14.3. The quantitative estimate of drug-likeness (QED) is 0.805. The summed E-state index contributed by atoms with van der Waals surface area (Å²) in [5, 5.41) is 3.23. The molecule has 8 nitrogen and oxygen atoms in total. The molecule has 4 saturated carbocycles. The second-order valence-corrected chi connectivity index (χ2v) is 10.1. The van der Waals surface area contributed by atoms with Crippen molar-refractivity contribution in [2.45, 2.75) is 64.5 Å². The number of nitrogens with zero attached hydrogens (tertiary/aromatic N) is 4. The molecule has 4 aliphatic rings. The zero-order valence-corrected chi connectivity index (χ0v) is 18.1. The summed E-state index contributed by atoms with van der Waals surface area (Å²) >= 11 is 0. The average molecular weight is 414 g/mol. The van der Waals surface area contributed by atoms with E-state index in [4.69, 9.17) is 0 Å². The normalized spacial score (nSPS) is 30.7. The standard InChI is InChI=1S/C22H31N5O3/c1-4-16(22-8-13-5-14(9-22)7-15(6-13)10-22)24-17(28)11-27-20(29)18-19(23-12-25(18)2)26(3)21(27)30/h12-16H,4-11H2,1-3H3,(H,24,28). The van der Waals surface area contributed by atoms with Crippen molar-refractivity contribution >= 4 is 17.1 Å². The molecule has 4 bridgehead atoms. The molecule has 6 rings (SSSR count). The predicted octanol–water partition coefficient (Wildman–Crippen LogP) is 1.54. The van der Waals surface area contributed by atoms with Gasteiger partial charge in [0.25, 0.3) is 5.56 Å². The van der Waals surface area contributed by atoms with Crippen LogP contribution in [0.5, 0.6) is 0 Å². The number of imidazole rings is 1. The Balaban J connectivity index is 1.40. The van der Waals surface area contributed by atoms with Crippen molar-refractivity contribution in [2.75, 3.05) is 0 Å². The van der Waals surface area contributed by atoms with Gasteiger partial charge in [-0.05, 0) is 68.1 Å². The first-order valence-corrected chi connectivity index (χ1v) is 11.2. The number of hydrogen-bond acceptors (Lipinski definition) is 4. The lowest BCUT2D eigenvalue weighted by molar-refractivity contribution is -0.127. The highest BCUT2D eigenvalue weighted by molar-refractivity contribution is 5.77. The van der Waals surface area contributed by atoms with E-state index in [2.05, 4.69) is 17.2 Å². The van der Waals surface area contributed by atoms with Crippen LogP contribution in [0, 0.1) is 23.2 Å².